The minimum atomic E-state index is -0.724. The van der Waals surface area contributed by atoms with Gasteiger partial charge >= 0.3 is 5.97 Å². The van der Waals surface area contributed by atoms with E-state index in [0.29, 0.717) is 23.1 Å². The van der Waals surface area contributed by atoms with Crippen molar-refractivity contribution in [2.45, 2.75) is 6.42 Å². The van der Waals surface area contributed by atoms with E-state index >= 15 is 0 Å². The van der Waals surface area contributed by atoms with Gasteiger partial charge in [0.1, 0.15) is 18.0 Å². The van der Waals surface area contributed by atoms with Crippen LogP contribution in [0.4, 0.5) is 0 Å². The molecule has 3 aromatic carbocycles. The lowest BCUT2D eigenvalue weighted by atomic mass is 9.63. The van der Waals surface area contributed by atoms with Gasteiger partial charge in [0, 0.05) is 5.56 Å². The Labute approximate surface area is 257 Å². The number of amides is 3. The van der Waals surface area contributed by atoms with E-state index in [4.69, 9.17) is 21.1 Å². The number of ketones is 1. The molecule has 0 N–H and O–H groups in total. The third kappa shape index (κ3) is 4.59. The third-order valence-electron chi connectivity index (χ3n) is 9.21. The zero-order chi connectivity index (χ0) is 30.7. The molecule has 0 radical (unpaired) electrons. The van der Waals surface area contributed by atoms with Crippen molar-refractivity contribution in [3.05, 3.63) is 107 Å². The summed E-state index contributed by atoms with van der Waals surface area (Å²) in [5.41, 5.74) is 0.559. The number of rotatable bonds is 8. The first kappa shape index (κ1) is 28.0. The van der Waals surface area contributed by atoms with Gasteiger partial charge < -0.3 is 9.47 Å². The minimum Gasteiger partial charge on any atom is -0.497 e. The van der Waals surface area contributed by atoms with Gasteiger partial charge in [0.05, 0.1) is 35.1 Å². The third-order valence-corrected chi connectivity index (χ3v) is 9.53. The molecule has 0 spiro atoms. The second kappa shape index (κ2) is 10.7. The molecule has 3 amide bonds. The number of Topliss-reactive ketones (excluding diaryl/α,β-unsaturated/α-hetero) is 1. The van der Waals surface area contributed by atoms with Gasteiger partial charge in [-0.1, -0.05) is 42.0 Å². The maximum absolute atomic E-state index is 13.9. The Kier molecular flexibility index (Phi) is 6.85. The first-order valence-corrected chi connectivity index (χ1v) is 14.8. The zero-order valence-corrected chi connectivity index (χ0v) is 24.3. The Morgan fingerprint density at radius 3 is 2.14 bits per heavy atom. The topological polar surface area (TPSA) is 110 Å². The predicted molar refractivity (Wildman–Crippen MR) is 158 cm³/mol. The Hall–Kier alpha value is -4.76. The Morgan fingerprint density at radius 1 is 0.841 bits per heavy atom. The number of benzene rings is 3. The standard InChI is InChI=1S/C34H27ClN2O7/c1-43-21-6-4-5-19(15-21)34(42)44-20-11-9-18(10-12-20)28(38)17-36(31(39)24-7-2-3-8-27(24)35)37-32(40)29-22-13-14-23(26-16-25(22)26)30(29)33(37)41/h2-15,22-23,25-26,29-30H,16-17H2,1H3/t22-,23-,25-,26+,29+,30+/m0/s1. The fourth-order valence-corrected chi connectivity index (χ4v) is 7.25. The van der Waals surface area contributed by atoms with Crippen LogP contribution in [0.1, 0.15) is 37.5 Å². The molecular weight excluding hydrogens is 584 g/mol. The summed E-state index contributed by atoms with van der Waals surface area (Å²) in [6, 6.07) is 18.7. The lowest BCUT2D eigenvalue weighted by molar-refractivity contribution is -0.154. The SMILES string of the molecule is COc1cccc(C(=O)Oc2ccc(C(=O)CN(C(=O)c3ccccc3Cl)N3C(=O)[C@@H]4[C@H]5C=C[C@@H]([C@@H]6C[C@H]56)[C@H]4C3=O)cc2)c1. The lowest BCUT2D eigenvalue weighted by Gasteiger charge is -2.37. The fraction of sp³-hybridized carbons (Fsp3) is 0.265. The molecule has 2 saturated carbocycles. The molecule has 0 unspecified atom stereocenters. The van der Waals surface area contributed by atoms with Gasteiger partial charge in [0.25, 0.3) is 17.7 Å². The average molecular weight is 611 g/mol. The molecule has 222 valence electrons. The van der Waals surface area contributed by atoms with Crippen LogP contribution in [-0.2, 0) is 9.59 Å². The van der Waals surface area contributed by atoms with E-state index in [-0.39, 0.29) is 33.7 Å². The molecule has 3 aromatic rings. The van der Waals surface area contributed by atoms with Crippen LogP contribution < -0.4 is 9.47 Å². The molecule has 1 heterocycles. The zero-order valence-electron chi connectivity index (χ0n) is 23.6. The number of methoxy groups -OCH3 is 1. The van der Waals surface area contributed by atoms with Gasteiger partial charge in [-0.15, -0.1) is 0 Å². The lowest BCUT2D eigenvalue weighted by Crippen LogP contribution is -2.52. The molecule has 2 bridgehead atoms. The number of nitrogens with zero attached hydrogens (tertiary/aromatic N) is 2. The first-order valence-electron chi connectivity index (χ1n) is 14.4. The van der Waals surface area contributed by atoms with E-state index in [9.17, 15) is 24.0 Å². The maximum Gasteiger partial charge on any atom is 0.343 e. The summed E-state index contributed by atoms with van der Waals surface area (Å²) in [4.78, 5) is 67.8. The van der Waals surface area contributed by atoms with E-state index in [1.165, 1.54) is 43.5 Å². The number of hydrogen-bond donors (Lipinski definition) is 0. The molecule has 1 aliphatic heterocycles. The fourth-order valence-electron chi connectivity index (χ4n) is 7.04. The van der Waals surface area contributed by atoms with E-state index < -0.39 is 47.9 Å². The first-order chi connectivity index (χ1) is 21.3. The summed E-state index contributed by atoms with van der Waals surface area (Å²) in [5, 5.41) is 1.96. The number of ether oxygens (including phenoxy) is 2. The van der Waals surface area contributed by atoms with Crippen LogP contribution >= 0.6 is 11.6 Å². The van der Waals surface area contributed by atoms with E-state index in [1.54, 1.807) is 36.4 Å². The van der Waals surface area contributed by atoms with Crippen LogP contribution in [0, 0.1) is 35.5 Å². The molecule has 5 aliphatic rings. The van der Waals surface area contributed by atoms with E-state index in [1.807, 2.05) is 12.2 Å². The Bertz CT molecular complexity index is 1720. The van der Waals surface area contributed by atoms with Crippen LogP contribution in [0.15, 0.2) is 84.9 Å². The second-order valence-corrected chi connectivity index (χ2v) is 12.0. The smallest absolute Gasteiger partial charge is 0.343 e. The van der Waals surface area contributed by atoms with Gasteiger partial charge in [-0.25, -0.2) is 9.80 Å². The number of carbonyl (C=O) groups excluding carboxylic acids is 5. The van der Waals surface area contributed by atoms with Crippen LogP contribution in [-0.4, -0.2) is 53.1 Å². The number of esters is 1. The summed E-state index contributed by atoms with van der Waals surface area (Å²) in [5.74, 6) is -2.47. The summed E-state index contributed by atoms with van der Waals surface area (Å²) in [6.45, 7) is -0.570. The van der Waals surface area contributed by atoms with Crippen molar-refractivity contribution in [2.24, 2.45) is 35.5 Å². The highest BCUT2D eigenvalue weighted by Gasteiger charge is 2.68. The normalized spacial score (nSPS) is 25.7. The van der Waals surface area contributed by atoms with Crippen LogP contribution in [0.3, 0.4) is 0 Å². The van der Waals surface area contributed by atoms with Crippen LogP contribution in [0.5, 0.6) is 11.5 Å². The Balaban J connectivity index is 1.13. The van der Waals surface area contributed by atoms with E-state index in [2.05, 4.69) is 0 Å². The largest absolute Gasteiger partial charge is 0.497 e. The second-order valence-electron chi connectivity index (χ2n) is 11.6. The monoisotopic (exact) mass is 610 g/mol. The van der Waals surface area contributed by atoms with Gasteiger partial charge in [-0.2, -0.15) is 5.01 Å². The van der Waals surface area contributed by atoms with Crippen molar-refractivity contribution in [1.29, 1.82) is 0 Å². The molecule has 3 fully saturated rings. The molecule has 8 rings (SSSR count). The van der Waals surface area contributed by atoms with Crippen molar-refractivity contribution in [3.63, 3.8) is 0 Å². The average Bonchev–Trinajstić information content (AvgIpc) is 3.83. The molecule has 0 aromatic heterocycles. The predicted octanol–water partition coefficient (Wildman–Crippen LogP) is 4.86. The van der Waals surface area contributed by atoms with Crippen molar-refractivity contribution in [3.8, 4) is 11.5 Å². The number of imide groups is 1. The Morgan fingerprint density at radius 2 is 1.50 bits per heavy atom. The van der Waals surface area contributed by atoms with Crippen molar-refractivity contribution < 1.29 is 33.4 Å². The summed E-state index contributed by atoms with van der Waals surface area (Å²) in [7, 11) is 1.50. The number of hydrazine groups is 1. The molecule has 44 heavy (non-hydrogen) atoms. The minimum absolute atomic E-state index is 0.0448. The molecule has 9 nitrogen and oxygen atoms in total. The quantitative estimate of drug-likeness (QED) is 0.118. The highest BCUT2D eigenvalue weighted by Crippen LogP contribution is 2.65. The number of halogens is 1. The van der Waals surface area contributed by atoms with Gasteiger partial charge in [-0.05, 0) is 84.7 Å². The van der Waals surface area contributed by atoms with Crippen LogP contribution in [0.25, 0.3) is 0 Å². The highest BCUT2D eigenvalue weighted by molar-refractivity contribution is 6.34. The number of hydrogen-bond acceptors (Lipinski definition) is 7. The summed E-state index contributed by atoms with van der Waals surface area (Å²) >= 11 is 6.34. The van der Waals surface area contributed by atoms with Gasteiger partial charge in [0.2, 0.25) is 0 Å². The van der Waals surface area contributed by atoms with Gasteiger partial charge in [-0.3, -0.25) is 19.2 Å². The number of allylic oxidation sites excluding steroid dienone is 2. The van der Waals surface area contributed by atoms with Gasteiger partial charge in [0.15, 0.2) is 5.78 Å². The summed E-state index contributed by atoms with van der Waals surface area (Å²) < 4.78 is 10.6. The molecular formula is C34H27ClN2O7. The molecule has 6 atom stereocenters. The van der Waals surface area contributed by atoms with Crippen molar-refractivity contribution in [2.75, 3.05) is 13.7 Å². The maximum atomic E-state index is 13.9. The molecule has 10 heteroatoms. The summed E-state index contributed by atoms with van der Waals surface area (Å²) in [6.07, 6.45) is 5.09. The highest BCUT2D eigenvalue weighted by atomic mass is 35.5. The van der Waals surface area contributed by atoms with Crippen LogP contribution in [0.2, 0.25) is 5.02 Å². The van der Waals surface area contributed by atoms with E-state index in [0.717, 1.165) is 16.4 Å². The number of carbonyl (C=O) groups is 5. The molecule has 4 aliphatic carbocycles. The molecule has 1 saturated heterocycles. The van der Waals surface area contributed by atoms with Crippen molar-refractivity contribution in [1.82, 2.24) is 10.0 Å². The van der Waals surface area contributed by atoms with Crippen molar-refractivity contribution >= 4 is 41.1 Å².